The predicted octanol–water partition coefficient (Wildman–Crippen LogP) is 3.38. The molecule has 2 heterocycles. The molecule has 7 heteroatoms. The van der Waals surface area contributed by atoms with Crippen LogP contribution in [0.5, 0.6) is 11.5 Å². The summed E-state index contributed by atoms with van der Waals surface area (Å²) in [6, 6.07) is 17.5. The third-order valence-electron chi connectivity index (χ3n) is 4.94. The molecule has 3 aromatic rings. The van der Waals surface area contributed by atoms with Gasteiger partial charge in [0.1, 0.15) is 23.4 Å². The summed E-state index contributed by atoms with van der Waals surface area (Å²) in [6.07, 6.45) is 0.0225. The zero-order valence-electron chi connectivity index (χ0n) is 17.4. The lowest BCUT2D eigenvalue weighted by atomic mass is 10.1. The number of carbonyl (C=O) groups is 1. The van der Waals surface area contributed by atoms with Crippen LogP contribution in [0.25, 0.3) is 11.3 Å². The highest BCUT2D eigenvalue weighted by Gasteiger charge is 2.27. The van der Waals surface area contributed by atoms with Gasteiger partial charge in [-0.3, -0.25) is 10.1 Å². The summed E-state index contributed by atoms with van der Waals surface area (Å²) in [5.74, 6) is 1.53. The van der Waals surface area contributed by atoms with Crippen molar-refractivity contribution in [3.63, 3.8) is 0 Å². The van der Waals surface area contributed by atoms with Gasteiger partial charge in [0, 0.05) is 12.1 Å². The minimum Gasteiger partial charge on any atom is -0.497 e. The molecule has 0 saturated heterocycles. The van der Waals surface area contributed by atoms with Crippen molar-refractivity contribution in [3.05, 3.63) is 65.9 Å². The maximum Gasteiger partial charge on any atom is 0.269 e. The van der Waals surface area contributed by atoms with Gasteiger partial charge in [-0.1, -0.05) is 12.1 Å². The number of fused-ring (bicyclic) bond motifs is 1. The Hall–Kier alpha value is -3.32. The van der Waals surface area contributed by atoms with E-state index < -0.39 is 0 Å². The number of rotatable bonds is 7. The van der Waals surface area contributed by atoms with E-state index in [2.05, 4.69) is 10.6 Å². The number of ether oxygens (including phenoxy) is 2. The van der Waals surface area contributed by atoms with Crippen molar-refractivity contribution < 1.29 is 14.3 Å². The van der Waals surface area contributed by atoms with Crippen molar-refractivity contribution in [2.75, 3.05) is 13.7 Å². The van der Waals surface area contributed by atoms with Gasteiger partial charge in [-0.2, -0.15) is 5.10 Å². The van der Waals surface area contributed by atoms with E-state index in [-0.39, 0.29) is 18.2 Å². The average Bonchev–Trinajstić information content (AvgIpc) is 3.21. The Morgan fingerprint density at radius 2 is 1.83 bits per heavy atom. The van der Waals surface area contributed by atoms with Crippen molar-refractivity contribution in [1.29, 1.82) is 0 Å². The van der Waals surface area contributed by atoms with Crippen LogP contribution in [0.3, 0.4) is 0 Å². The molecular weight excluding hydrogens is 380 g/mol. The quantitative estimate of drug-likeness (QED) is 0.629. The molecule has 2 N–H and O–H groups in total. The summed E-state index contributed by atoms with van der Waals surface area (Å²) in [6.45, 7) is 5.15. The Kier molecular flexibility index (Phi) is 5.72. The van der Waals surface area contributed by atoms with Gasteiger partial charge in [-0.05, 0) is 61.9 Å². The van der Waals surface area contributed by atoms with E-state index >= 15 is 0 Å². The molecule has 0 spiro atoms. The molecule has 1 aliphatic rings. The summed E-state index contributed by atoms with van der Waals surface area (Å²) < 4.78 is 12.7. The number of nitrogens with one attached hydrogen (secondary N) is 2. The molecule has 30 heavy (non-hydrogen) atoms. The van der Waals surface area contributed by atoms with Gasteiger partial charge in [0.05, 0.1) is 25.5 Å². The predicted molar refractivity (Wildman–Crippen MR) is 115 cm³/mol. The van der Waals surface area contributed by atoms with Gasteiger partial charge < -0.3 is 14.8 Å². The Morgan fingerprint density at radius 3 is 2.50 bits per heavy atom. The van der Waals surface area contributed by atoms with Crippen LogP contribution in [0.15, 0.2) is 54.6 Å². The highest BCUT2D eigenvalue weighted by molar-refractivity contribution is 5.94. The molecule has 0 bridgehead atoms. The molecule has 4 rings (SSSR count). The fraction of sp³-hybridized carbons (Fsp3) is 0.304. The number of nitrogens with zero attached hydrogens (tertiary/aromatic N) is 2. The van der Waals surface area contributed by atoms with E-state index in [9.17, 15) is 4.79 Å². The van der Waals surface area contributed by atoms with Crippen LogP contribution < -0.4 is 20.1 Å². The largest absolute Gasteiger partial charge is 0.497 e. The van der Waals surface area contributed by atoms with Crippen molar-refractivity contribution in [2.45, 2.75) is 32.7 Å². The molecule has 1 aromatic heterocycles. The average molecular weight is 406 g/mol. The lowest BCUT2D eigenvalue weighted by Gasteiger charge is -2.25. The summed E-state index contributed by atoms with van der Waals surface area (Å²) >= 11 is 0. The number of carbonyl (C=O) groups excluding carboxylic acids is 1. The number of amides is 1. The maximum atomic E-state index is 12.3. The fourth-order valence-electron chi connectivity index (χ4n) is 3.42. The first kappa shape index (κ1) is 20.0. The lowest BCUT2D eigenvalue weighted by molar-refractivity contribution is 0.0900. The van der Waals surface area contributed by atoms with E-state index in [0.29, 0.717) is 18.8 Å². The number of hydrogen-bond acceptors (Lipinski definition) is 5. The number of methoxy groups -OCH3 is 1. The highest BCUT2D eigenvalue weighted by atomic mass is 16.5. The zero-order chi connectivity index (χ0) is 21.1. The Morgan fingerprint density at radius 1 is 1.13 bits per heavy atom. The topological polar surface area (TPSA) is 77.4 Å². The molecule has 2 aromatic carbocycles. The Bertz CT molecular complexity index is 1010. The summed E-state index contributed by atoms with van der Waals surface area (Å²) in [4.78, 5) is 12.3. The second-order valence-electron chi connectivity index (χ2n) is 7.51. The first-order valence-electron chi connectivity index (χ1n) is 10.0. The molecule has 0 unspecified atom stereocenters. The molecule has 1 atom stereocenters. The zero-order valence-corrected chi connectivity index (χ0v) is 17.4. The minimum atomic E-state index is -0.128. The second-order valence-corrected chi connectivity index (χ2v) is 7.51. The van der Waals surface area contributed by atoms with Gasteiger partial charge >= 0.3 is 0 Å². The smallest absolute Gasteiger partial charge is 0.269 e. The summed E-state index contributed by atoms with van der Waals surface area (Å²) in [7, 11) is 1.63. The molecular formula is C23H26N4O3. The lowest BCUT2D eigenvalue weighted by Crippen LogP contribution is -2.45. The van der Waals surface area contributed by atoms with Gasteiger partial charge in [-0.15, -0.1) is 0 Å². The fourth-order valence-corrected chi connectivity index (χ4v) is 3.42. The number of aromatic nitrogens is 2. The first-order chi connectivity index (χ1) is 14.5. The van der Waals surface area contributed by atoms with Crippen LogP contribution in [0.1, 0.15) is 36.1 Å². The van der Waals surface area contributed by atoms with Gasteiger partial charge in [0.15, 0.2) is 0 Å². The van der Waals surface area contributed by atoms with E-state index in [1.807, 2.05) is 68.4 Å². The molecule has 1 amide bonds. The Labute approximate surface area is 176 Å². The third kappa shape index (κ3) is 4.31. The molecule has 0 radical (unpaired) electrons. The molecule has 7 nitrogen and oxygen atoms in total. The van der Waals surface area contributed by atoms with Crippen LogP contribution in [0, 0.1) is 0 Å². The summed E-state index contributed by atoms with van der Waals surface area (Å²) in [5, 5.41) is 11.1. The molecule has 0 saturated carbocycles. The van der Waals surface area contributed by atoms with Crippen molar-refractivity contribution in [2.24, 2.45) is 0 Å². The number of benzene rings is 2. The Balaban J connectivity index is 1.49. The van der Waals surface area contributed by atoms with Crippen molar-refractivity contribution in [1.82, 2.24) is 20.4 Å². The first-order valence-corrected chi connectivity index (χ1v) is 10.0. The van der Waals surface area contributed by atoms with Crippen LogP contribution in [-0.4, -0.2) is 35.4 Å². The molecule has 1 aliphatic heterocycles. The van der Waals surface area contributed by atoms with Gasteiger partial charge in [0.25, 0.3) is 5.91 Å². The SMILES string of the molecule is COc1ccc(-c2cc3n(n2)[C@@H](NCc2ccc(OC(C)C)cc2)CNC3=O)cc1. The van der Waals surface area contributed by atoms with Crippen LogP contribution in [0.2, 0.25) is 0 Å². The van der Waals surface area contributed by atoms with Gasteiger partial charge in [0.2, 0.25) is 0 Å². The van der Waals surface area contributed by atoms with Gasteiger partial charge in [-0.25, -0.2) is 4.68 Å². The summed E-state index contributed by atoms with van der Waals surface area (Å²) in [5.41, 5.74) is 3.37. The van der Waals surface area contributed by atoms with Crippen LogP contribution >= 0.6 is 0 Å². The van der Waals surface area contributed by atoms with Crippen molar-refractivity contribution in [3.8, 4) is 22.8 Å². The van der Waals surface area contributed by atoms with E-state index in [0.717, 1.165) is 28.3 Å². The minimum absolute atomic E-state index is 0.115. The number of hydrogen-bond donors (Lipinski definition) is 2. The van der Waals surface area contributed by atoms with E-state index in [1.165, 1.54) is 0 Å². The second kappa shape index (κ2) is 8.59. The monoisotopic (exact) mass is 406 g/mol. The maximum absolute atomic E-state index is 12.3. The van der Waals surface area contributed by atoms with Crippen LogP contribution in [0.4, 0.5) is 0 Å². The molecule has 0 fully saturated rings. The van der Waals surface area contributed by atoms with Crippen molar-refractivity contribution >= 4 is 5.91 Å². The van der Waals surface area contributed by atoms with E-state index in [4.69, 9.17) is 14.6 Å². The normalized spacial score (nSPS) is 15.6. The molecule has 156 valence electrons. The van der Waals surface area contributed by atoms with Crippen LogP contribution in [-0.2, 0) is 6.54 Å². The van der Waals surface area contributed by atoms with E-state index in [1.54, 1.807) is 11.8 Å². The molecule has 0 aliphatic carbocycles. The third-order valence-corrected chi connectivity index (χ3v) is 4.94. The highest BCUT2D eigenvalue weighted by Crippen LogP contribution is 2.25. The standard InChI is InChI=1S/C23H26N4O3/c1-15(2)30-19-8-4-16(5-9-19)13-24-22-14-25-23(28)21-12-20(26-27(21)22)17-6-10-18(29-3)11-7-17/h4-12,15,22,24H,13-14H2,1-3H3,(H,25,28)/t22-/m1/s1.